The Balaban J connectivity index is -0.000000124. The molecule has 0 saturated carbocycles. The van der Waals surface area contributed by atoms with E-state index in [1.54, 1.807) is 33.3 Å². The molecular formula is C62H98BrClN4O11S. The van der Waals surface area contributed by atoms with Crippen LogP contribution in [0.1, 0.15) is 133 Å². The van der Waals surface area contributed by atoms with Gasteiger partial charge in [0.15, 0.2) is 24.6 Å². The Bertz CT molecular complexity index is 2450. The van der Waals surface area contributed by atoms with Gasteiger partial charge in [-0.2, -0.15) is 8.42 Å². The number of ether oxygens (including phenoxy) is 4. The summed E-state index contributed by atoms with van der Waals surface area (Å²) in [6.07, 6.45) is 2.66. The first kappa shape index (κ1) is 91.0. The monoisotopic (exact) mass is 1220 g/mol. The highest BCUT2D eigenvalue weighted by atomic mass is 79.9. The van der Waals surface area contributed by atoms with E-state index >= 15 is 0 Å². The molecule has 0 radical (unpaired) electrons. The van der Waals surface area contributed by atoms with Gasteiger partial charge < -0.3 is 41.3 Å². The number of halogens is 2. The van der Waals surface area contributed by atoms with Crippen LogP contribution in [-0.4, -0.2) is 95.6 Å². The molecule has 0 aliphatic carbocycles. The van der Waals surface area contributed by atoms with Crippen LogP contribution in [-0.2, 0) is 46.2 Å². The largest absolute Gasteiger partial charge is 0.400 e. The summed E-state index contributed by atoms with van der Waals surface area (Å²) in [6, 6.07) is 45.3. The number of nitrogens with two attached hydrogens (primary N) is 1. The van der Waals surface area contributed by atoms with E-state index in [1.807, 2.05) is 186 Å². The highest BCUT2D eigenvalue weighted by molar-refractivity contribution is 9.10. The van der Waals surface area contributed by atoms with E-state index < -0.39 is 15.6 Å². The summed E-state index contributed by atoms with van der Waals surface area (Å²) in [6.45, 7) is 28.7. The summed E-state index contributed by atoms with van der Waals surface area (Å²) in [4.78, 5) is 35.2. The Morgan fingerprint density at radius 1 is 0.688 bits per heavy atom. The van der Waals surface area contributed by atoms with Crippen molar-refractivity contribution in [2.45, 2.75) is 129 Å². The third-order valence-corrected chi connectivity index (χ3v) is 9.05. The van der Waals surface area contributed by atoms with Gasteiger partial charge in [-0.1, -0.05) is 212 Å². The summed E-state index contributed by atoms with van der Waals surface area (Å²) in [5.41, 5.74) is 11.0. The maximum atomic E-state index is 10.4. The average molecular weight is 1220 g/mol. The molecule has 0 bridgehead atoms. The third kappa shape index (κ3) is 54.4. The lowest BCUT2D eigenvalue weighted by atomic mass is 10.1. The molecule has 0 amide bonds. The summed E-state index contributed by atoms with van der Waals surface area (Å²) in [5.74, 6) is 5.48. The van der Waals surface area contributed by atoms with Gasteiger partial charge in [0, 0.05) is 97.8 Å². The van der Waals surface area contributed by atoms with Crippen LogP contribution in [0.15, 0.2) is 150 Å². The van der Waals surface area contributed by atoms with Crippen LogP contribution < -0.4 is 17.2 Å². The van der Waals surface area contributed by atoms with E-state index in [0.717, 1.165) is 42.0 Å². The number of rotatable bonds is 12. The lowest BCUT2D eigenvalue weighted by Crippen LogP contribution is -2.39. The number of aromatic nitrogens is 1. The molecule has 6 aromatic rings. The van der Waals surface area contributed by atoms with Gasteiger partial charge in [-0.25, -0.2) is 0 Å². The lowest BCUT2D eigenvalue weighted by Gasteiger charge is -2.22. The molecule has 1 atom stereocenters. The SMILES string of the molecule is CC.CC.CC.CC.CC.CC#Cc1ccccc1C=O.CO.COC(OC)C(C)=O.COC(OC)C(C)NCc1ccccc1.Cc1cc2ccccc2cn1.N.NCc1ccccc1.O=Cc1ccccc1Br.O=S(=O)(O)Cl. The smallest absolute Gasteiger partial charge is 0.353 e. The number of aliphatic hydroxyl groups is 1. The van der Waals surface area contributed by atoms with E-state index in [1.165, 1.54) is 43.0 Å². The molecular weight excluding hydrogens is 1120 g/mol. The average Bonchev–Trinajstić information content (AvgIpc) is 3.49. The second kappa shape index (κ2) is 67.7. The zero-order chi connectivity index (χ0) is 62.5. The number of hydrogen-bond donors (Lipinski definition) is 5. The van der Waals surface area contributed by atoms with Crippen LogP contribution in [0.3, 0.4) is 0 Å². The maximum absolute atomic E-state index is 10.4. The van der Waals surface area contributed by atoms with E-state index in [2.05, 4.69) is 88.6 Å². The van der Waals surface area contributed by atoms with E-state index in [9.17, 15) is 14.4 Å². The van der Waals surface area contributed by atoms with E-state index in [-0.39, 0.29) is 24.3 Å². The Morgan fingerprint density at radius 3 is 1.43 bits per heavy atom. The normalized spacial score (nSPS) is 9.07. The Kier molecular flexibility index (Phi) is 77.0. The van der Waals surface area contributed by atoms with Crippen molar-refractivity contribution in [3.8, 4) is 11.8 Å². The van der Waals surface area contributed by atoms with Crippen molar-refractivity contribution < 1.29 is 51.4 Å². The summed E-state index contributed by atoms with van der Waals surface area (Å²) in [5, 5.41) is 12.8. The molecule has 1 aromatic heterocycles. The highest BCUT2D eigenvalue weighted by Gasteiger charge is 2.14. The molecule has 5 aromatic carbocycles. The first-order chi connectivity index (χ1) is 38.0. The van der Waals surface area contributed by atoms with Crippen molar-refractivity contribution in [3.63, 3.8) is 0 Å². The second-order valence-electron chi connectivity index (χ2n) is 13.4. The number of benzene rings is 5. The quantitative estimate of drug-likeness (QED) is 0.0251. The zero-order valence-electron chi connectivity index (χ0n) is 51.1. The van der Waals surface area contributed by atoms with Crippen LogP contribution in [0.25, 0.3) is 10.8 Å². The molecule has 1 heterocycles. The minimum absolute atomic E-state index is 0. The number of nitrogens with one attached hydrogen (secondary N) is 1. The number of fused-ring (bicyclic) bond motifs is 1. The number of carbonyl (C=O) groups is 3. The molecule has 0 fully saturated rings. The fourth-order valence-electron chi connectivity index (χ4n) is 5.13. The maximum Gasteiger partial charge on any atom is 0.353 e. The predicted molar refractivity (Wildman–Crippen MR) is 341 cm³/mol. The molecule has 0 spiro atoms. The number of ketones is 1. The number of carbonyl (C=O) groups excluding carboxylic acids is 3. The summed E-state index contributed by atoms with van der Waals surface area (Å²) >= 11 is 3.23. The number of aryl methyl sites for hydroxylation is 1. The molecule has 0 aliphatic rings. The van der Waals surface area contributed by atoms with Crippen LogP contribution in [0.5, 0.6) is 0 Å². The minimum Gasteiger partial charge on any atom is -0.400 e. The van der Waals surface area contributed by atoms with Crippen molar-refractivity contribution >= 4 is 65.1 Å². The molecule has 0 saturated heterocycles. The number of pyridine rings is 1. The van der Waals surface area contributed by atoms with Crippen molar-refractivity contribution in [1.29, 1.82) is 0 Å². The zero-order valence-corrected chi connectivity index (χ0v) is 54.3. The standard InChI is InChI=1S/C12H19NO2.C10H9N.C10H8O.C7H5BrO.C7H9N.C5H10O3.5C2H6.CH4O.ClHO3S.H3N/c1-10(12(14-2)15-3)13-9-11-7-5-4-6-8-11;1-8-6-9-4-2-3-5-10(9)7-11-8;1-2-5-9-6-3-4-7-10(9)8-11;8-7-4-2-1-3-6(7)5-9;8-6-7-4-2-1-3-5-7;1-4(6)5(7-2)8-3;6*1-2;1-5(2,3)4;/h4-8,10,12-13H,9H2,1-3H3;2-7H,1H3;3-4,6-8H,1H3;1-5H;1-5H,6,8H2;5H,1-3H3;5*1-2H3;2H,1H3;(H,2,3,4);1H3. The van der Waals surface area contributed by atoms with Gasteiger partial charge in [-0.15, -0.1) is 5.92 Å². The number of Topliss-reactive ketones (excluding diaryl/α,β-unsaturated/α-hetero) is 1. The van der Waals surface area contributed by atoms with Gasteiger partial charge in [0.25, 0.3) is 0 Å². The Labute approximate surface area is 495 Å². The van der Waals surface area contributed by atoms with Gasteiger partial charge in [0.2, 0.25) is 6.29 Å². The Hall–Kier alpha value is -5.56. The predicted octanol–water partition coefficient (Wildman–Crippen LogP) is 14.7. The summed E-state index contributed by atoms with van der Waals surface area (Å²) < 4.78 is 45.5. The van der Waals surface area contributed by atoms with Gasteiger partial charge in [-0.3, -0.25) is 23.9 Å². The highest BCUT2D eigenvalue weighted by Crippen LogP contribution is 2.13. The van der Waals surface area contributed by atoms with Crippen molar-refractivity contribution in [3.05, 3.63) is 184 Å². The molecule has 0 aliphatic heterocycles. The van der Waals surface area contributed by atoms with Crippen LogP contribution in [0.2, 0.25) is 0 Å². The van der Waals surface area contributed by atoms with Crippen molar-refractivity contribution in [2.24, 2.45) is 5.73 Å². The molecule has 8 N–H and O–H groups in total. The first-order valence-electron chi connectivity index (χ1n) is 25.7. The second-order valence-corrected chi connectivity index (χ2v) is 16.3. The molecule has 80 heavy (non-hydrogen) atoms. The third-order valence-electron chi connectivity index (χ3n) is 8.33. The van der Waals surface area contributed by atoms with Crippen LogP contribution >= 0.6 is 26.6 Å². The number of nitrogens with zero attached hydrogens (tertiary/aromatic N) is 1. The minimum atomic E-state index is -4.19. The van der Waals surface area contributed by atoms with Crippen LogP contribution in [0, 0.1) is 18.8 Å². The van der Waals surface area contributed by atoms with Gasteiger partial charge in [-0.05, 0) is 62.4 Å². The molecule has 1 unspecified atom stereocenters. The van der Waals surface area contributed by atoms with Gasteiger partial charge in [0.1, 0.15) is 0 Å². The fourth-order valence-corrected chi connectivity index (χ4v) is 5.51. The lowest BCUT2D eigenvalue weighted by molar-refractivity contribution is -0.154. The summed E-state index contributed by atoms with van der Waals surface area (Å²) in [7, 11) is 7.01. The van der Waals surface area contributed by atoms with Crippen molar-refractivity contribution in [2.75, 3.05) is 35.5 Å². The number of methoxy groups -OCH3 is 4. The van der Waals surface area contributed by atoms with E-state index in [0.29, 0.717) is 17.7 Å². The van der Waals surface area contributed by atoms with E-state index in [4.69, 9.17) is 33.3 Å². The molecule has 18 heteroatoms. The topological polar surface area (TPSA) is 249 Å². The van der Waals surface area contributed by atoms with Gasteiger partial charge in [0.05, 0.1) is 6.04 Å². The molecule has 15 nitrogen and oxygen atoms in total. The first-order valence-corrected chi connectivity index (χ1v) is 28.8. The Morgan fingerprint density at radius 2 is 1.07 bits per heavy atom. The number of aliphatic hydroxyl groups excluding tert-OH is 1. The molecule has 6 rings (SSSR count). The number of hydrogen-bond acceptors (Lipinski definition) is 14. The van der Waals surface area contributed by atoms with Crippen LogP contribution in [0.4, 0.5) is 0 Å². The van der Waals surface area contributed by atoms with Gasteiger partial charge >= 0.3 is 9.33 Å². The molecule has 452 valence electrons. The van der Waals surface area contributed by atoms with Crippen molar-refractivity contribution in [1.82, 2.24) is 16.5 Å². The number of aldehydes is 2. The fraction of sp³-hybridized carbons (Fsp3) is 0.387.